The molecule has 0 aliphatic carbocycles. The van der Waals surface area contributed by atoms with Crippen LogP contribution in [0.4, 0.5) is 17.6 Å². The van der Waals surface area contributed by atoms with Crippen LogP contribution >= 0.6 is 0 Å². The molecule has 0 atom stereocenters. The Kier molecular flexibility index (Phi) is 3.00. The second-order valence-electron chi connectivity index (χ2n) is 4.21. The Labute approximate surface area is 115 Å². The monoisotopic (exact) mass is 267 g/mol. The van der Waals surface area contributed by atoms with E-state index in [2.05, 4.69) is 25.4 Å². The minimum absolute atomic E-state index is 0.140. The first-order valence-corrected chi connectivity index (χ1v) is 6.06. The summed E-state index contributed by atoms with van der Waals surface area (Å²) in [7, 11) is 0. The Bertz CT molecular complexity index is 721. The maximum atomic E-state index is 5.71. The molecule has 0 aliphatic rings. The summed E-state index contributed by atoms with van der Waals surface area (Å²) in [5.74, 6) is 0.900. The van der Waals surface area contributed by atoms with Crippen LogP contribution < -0.4 is 11.1 Å². The van der Waals surface area contributed by atoms with Gasteiger partial charge in [0, 0.05) is 18.1 Å². The van der Waals surface area contributed by atoms with E-state index in [1.54, 1.807) is 18.5 Å². The molecule has 100 valence electrons. The fraction of sp³-hybridized carbons (Fsp3) is 0.0769. The van der Waals surface area contributed by atoms with E-state index in [1.165, 1.54) is 4.68 Å². The molecule has 0 saturated heterocycles. The van der Waals surface area contributed by atoms with Gasteiger partial charge in [-0.05, 0) is 24.6 Å². The lowest BCUT2D eigenvalue weighted by Crippen LogP contribution is -2.09. The topological polar surface area (TPSA) is 94.5 Å². The number of anilines is 3. The van der Waals surface area contributed by atoms with Crippen LogP contribution in [0.1, 0.15) is 5.56 Å². The van der Waals surface area contributed by atoms with Gasteiger partial charge in [-0.3, -0.25) is 0 Å². The van der Waals surface area contributed by atoms with Crippen LogP contribution in [-0.2, 0) is 0 Å². The van der Waals surface area contributed by atoms with Gasteiger partial charge in [0.05, 0.1) is 0 Å². The predicted molar refractivity (Wildman–Crippen MR) is 75.8 cm³/mol. The van der Waals surface area contributed by atoms with Crippen molar-refractivity contribution in [1.29, 1.82) is 0 Å². The van der Waals surface area contributed by atoms with E-state index in [0.717, 1.165) is 11.3 Å². The lowest BCUT2D eigenvalue weighted by molar-refractivity contribution is 0.801. The number of aryl methyl sites for hydroxylation is 1. The van der Waals surface area contributed by atoms with E-state index in [1.807, 2.05) is 31.2 Å². The molecule has 0 unspecified atom stereocenters. The summed E-state index contributed by atoms with van der Waals surface area (Å²) in [6.45, 7) is 2.00. The van der Waals surface area contributed by atoms with Crippen molar-refractivity contribution in [2.45, 2.75) is 6.92 Å². The smallest absolute Gasteiger partial charge is 0.257 e. The summed E-state index contributed by atoms with van der Waals surface area (Å²) in [5, 5.41) is 7.21. The van der Waals surface area contributed by atoms with Gasteiger partial charge in [-0.15, -0.1) is 0 Å². The van der Waals surface area contributed by atoms with E-state index in [4.69, 9.17) is 5.73 Å². The molecule has 2 heterocycles. The van der Waals surface area contributed by atoms with Crippen LogP contribution in [0.5, 0.6) is 0 Å². The standard InChI is InChI=1S/C13H13N7/c1-9-5-2-3-6-10(9)16-12-17-11(14)18-13(19-12)20-8-4-7-15-20/h2-8H,1H3,(H3,14,16,17,18,19). The molecule has 0 saturated carbocycles. The van der Waals surface area contributed by atoms with Gasteiger partial charge in [0.1, 0.15) is 0 Å². The average molecular weight is 267 g/mol. The van der Waals surface area contributed by atoms with Gasteiger partial charge in [0.2, 0.25) is 11.9 Å². The molecule has 0 aliphatic heterocycles. The Morgan fingerprint density at radius 2 is 1.95 bits per heavy atom. The fourth-order valence-electron chi connectivity index (χ4n) is 1.76. The van der Waals surface area contributed by atoms with Crippen molar-refractivity contribution in [2.24, 2.45) is 0 Å². The minimum Gasteiger partial charge on any atom is -0.368 e. The molecule has 0 bridgehead atoms. The van der Waals surface area contributed by atoms with Crippen molar-refractivity contribution in [1.82, 2.24) is 24.7 Å². The minimum atomic E-state index is 0.140. The molecule has 0 radical (unpaired) electrons. The number of hydrogen-bond donors (Lipinski definition) is 2. The van der Waals surface area contributed by atoms with E-state index in [-0.39, 0.29) is 5.95 Å². The van der Waals surface area contributed by atoms with E-state index >= 15 is 0 Å². The normalized spacial score (nSPS) is 10.4. The highest BCUT2D eigenvalue weighted by molar-refractivity contribution is 5.58. The summed E-state index contributed by atoms with van der Waals surface area (Å²) in [6, 6.07) is 9.64. The number of nitrogens with one attached hydrogen (secondary N) is 1. The SMILES string of the molecule is Cc1ccccc1Nc1nc(N)nc(-n2cccn2)n1. The van der Waals surface area contributed by atoms with E-state index in [9.17, 15) is 0 Å². The second kappa shape index (κ2) is 4.96. The number of nitrogens with zero attached hydrogens (tertiary/aromatic N) is 5. The molecular formula is C13H13N7. The molecule has 7 heteroatoms. The van der Waals surface area contributed by atoms with Gasteiger partial charge in [-0.1, -0.05) is 18.2 Å². The van der Waals surface area contributed by atoms with Gasteiger partial charge in [-0.25, -0.2) is 4.68 Å². The average Bonchev–Trinajstić information content (AvgIpc) is 2.95. The maximum Gasteiger partial charge on any atom is 0.257 e. The molecule has 0 fully saturated rings. The molecule has 7 nitrogen and oxygen atoms in total. The van der Waals surface area contributed by atoms with Crippen molar-refractivity contribution >= 4 is 17.6 Å². The van der Waals surface area contributed by atoms with Crippen LogP contribution in [0.25, 0.3) is 5.95 Å². The number of hydrogen-bond acceptors (Lipinski definition) is 6. The summed E-state index contributed by atoms with van der Waals surface area (Å²) >= 11 is 0. The summed E-state index contributed by atoms with van der Waals surface area (Å²) in [4.78, 5) is 12.4. The highest BCUT2D eigenvalue weighted by Crippen LogP contribution is 2.18. The second-order valence-corrected chi connectivity index (χ2v) is 4.21. The number of para-hydroxylation sites is 1. The van der Waals surface area contributed by atoms with E-state index < -0.39 is 0 Å². The number of nitrogen functional groups attached to an aromatic ring is 1. The lowest BCUT2D eigenvalue weighted by atomic mass is 10.2. The van der Waals surface area contributed by atoms with Crippen LogP contribution in [0.15, 0.2) is 42.7 Å². The van der Waals surface area contributed by atoms with Crippen molar-refractivity contribution in [2.75, 3.05) is 11.1 Å². The Morgan fingerprint density at radius 1 is 1.10 bits per heavy atom. The van der Waals surface area contributed by atoms with E-state index in [0.29, 0.717) is 11.9 Å². The van der Waals surface area contributed by atoms with Gasteiger partial charge < -0.3 is 11.1 Å². The number of benzene rings is 1. The van der Waals surface area contributed by atoms with Gasteiger partial charge in [0.15, 0.2) is 0 Å². The van der Waals surface area contributed by atoms with Crippen molar-refractivity contribution < 1.29 is 0 Å². The number of aromatic nitrogens is 5. The molecule has 20 heavy (non-hydrogen) atoms. The van der Waals surface area contributed by atoms with Crippen molar-refractivity contribution in [3.8, 4) is 5.95 Å². The molecule has 2 aromatic heterocycles. The van der Waals surface area contributed by atoms with Gasteiger partial charge >= 0.3 is 0 Å². The highest BCUT2D eigenvalue weighted by Gasteiger charge is 2.07. The lowest BCUT2D eigenvalue weighted by Gasteiger charge is -2.09. The zero-order valence-electron chi connectivity index (χ0n) is 10.9. The molecule has 0 amide bonds. The zero-order chi connectivity index (χ0) is 13.9. The summed E-state index contributed by atoms with van der Waals surface area (Å²) < 4.78 is 1.53. The van der Waals surface area contributed by atoms with Gasteiger partial charge in [-0.2, -0.15) is 20.1 Å². The fourth-order valence-corrected chi connectivity index (χ4v) is 1.76. The summed E-state index contributed by atoms with van der Waals surface area (Å²) in [5.41, 5.74) is 7.72. The quantitative estimate of drug-likeness (QED) is 0.750. The van der Waals surface area contributed by atoms with Gasteiger partial charge in [0.25, 0.3) is 5.95 Å². The highest BCUT2D eigenvalue weighted by atomic mass is 15.4. The Morgan fingerprint density at radius 3 is 2.70 bits per heavy atom. The predicted octanol–water partition coefficient (Wildman–Crippen LogP) is 1.69. The first-order valence-electron chi connectivity index (χ1n) is 6.06. The third-order valence-corrected chi connectivity index (χ3v) is 2.74. The Balaban J connectivity index is 1.97. The largest absolute Gasteiger partial charge is 0.368 e. The molecule has 1 aromatic carbocycles. The molecule has 0 spiro atoms. The molecule has 3 aromatic rings. The van der Waals surface area contributed by atoms with Crippen molar-refractivity contribution in [3.63, 3.8) is 0 Å². The summed E-state index contributed by atoms with van der Waals surface area (Å²) in [6.07, 6.45) is 3.39. The Hall–Kier alpha value is -2.96. The van der Waals surface area contributed by atoms with Crippen LogP contribution in [-0.4, -0.2) is 24.7 Å². The third kappa shape index (κ3) is 2.41. The zero-order valence-corrected chi connectivity index (χ0v) is 10.9. The first-order chi connectivity index (χ1) is 9.72. The molecular weight excluding hydrogens is 254 g/mol. The first kappa shape index (κ1) is 12.1. The molecule has 3 rings (SSSR count). The number of nitrogens with two attached hydrogens (primary N) is 1. The maximum absolute atomic E-state index is 5.71. The molecule has 3 N–H and O–H groups in total. The van der Waals surface area contributed by atoms with Crippen LogP contribution in [0.3, 0.4) is 0 Å². The van der Waals surface area contributed by atoms with Crippen LogP contribution in [0.2, 0.25) is 0 Å². The third-order valence-electron chi connectivity index (χ3n) is 2.74. The van der Waals surface area contributed by atoms with Crippen LogP contribution in [0, 0.1) is 6.92 Å². The van der Waals surface area contributed by atoms with Crippen molar-refractivity contribution in [3.05, 3.63) is 48.3 Å². The number of rotatable bonds is 3.